The molecule has 0 heterocycles. The van der Waals surface area contributed by atoms with Crippen LogP contribution in [0.5, 0.6) is 5.75 Å². The number of carbonyl (C=O) groups is 1. The lowest BCUT2D eigenvalue weighted by molar-refractivity contribution is -0.115. The van der Waals surface area contributed by atoms with Crippen LogP contribution in [0.1, 0.15) is 40.5 Å². The Labute approximate surface area is 151 Å². The van der Waals surface area contributed by atoms with Crippen LogP contribution in [0.4, 0.5) is 5.69 Å². The summed E-state index contributed by atoms with van der Waals surface area (Å²) >= 11 is 1.70. The molecule has 1 N–H and O–H groups in total. The molecule has 1 amide bonds. The highest BCUT2D eigenvalue weighted by Gasteiger charge is 2.15. The van der Waals surface area contributed by atoms with Gasteiger partial charge in [-0.05, 0) is 44.3 Å². The predicted molar refractivity (Wildman–Crippen MR) is 105 cm³/mol. The van der Waals surface area contributed by atoms with Crippen molar-refractivity contribution in [2.75, 3.05) is 37.3 Å². The molecule has 5 heteroatoms. The van der Waals surface area contributed by atoms with E-state index in [1.54, 1.807) is 11.8 Å². The maximum Gasteiger partial charge on any atom is 0.237 e. The molecule has 0 aliphatic heterocycles. The Morgan fingerprint density at radius 2 is 1.96 bits per heavy atom. The topological polar surface area (TPSA) is 41.6 Å². The van der Waals surface area contributed by atoms with Gasteiger partial charge in [0, 0.05) is 6.54 Å². The fourth-order valence-electron chi connectivity index (χ4n) is 2.23. The number of hydrogen-bond donors (Lipinski definition) is 1. The number of unbranched alkanes of at least 4 members (excludes halogenated alkanes) is 1. The summed E-state index contributed by atoms with van der Waals surface area (Å²) in [6, 6.07) is 7.66. The van der Waals surface area contributed by atoms with Crippen molar-refractivity contribution in [1.82, 2.24) is 4.90 Å². The highest BCUT2D eigenvalue weighted by atomic mass is 32.2. The highest BCUT2D eigenvalue weighted by molar-refractivity contribution is 8.00. The second kappa shape index (κ2) is 12.2. The third-order valence-electron chi connectivity index (χ3n) is 3.94. The lowest BCUT2D eigenvalue weighted by Gasteiger charge is -2.19. The normalized spacial score (nSPS) is 12.2. The van der Waals surface area contributed by atoms with Crippen LogP contribution in [-0.2, 0) is 4.79 Å². The average Bonchev–Trinajstić information content (AvgIpc) is 2.60. The molecule has 0 saturated heterocycles. The molecular weight excluding hydrogens is 320 g/mol. The largest absolute Gasteiger partial charge is 0.490 e. The number of anilines is 1. The molecule has 0 radical (unpaired) electrons. The van der Waals surface area contributed by atoms with Crippen LogP contribution in [0.3, 0.4) is 0 Å². The molecule has 24 heavy (non-hydrogen) atoms. The smallest absolute Gasteiger partial charge is 0.237 e. The number of carbonyl (C=O) groups excluding carboxylic acids is 1. The van der Waals surface area contributed by atoms with E-state index in [0.29, 0.717) is 6.61 Å². The zero-order chi connectivity index (χ0) is 17.8. The Morgan fingerprint density at radius 1 is 1.25 bits per heavy atom. The van der Waals surface area contributed by atoms with Crippen molar-refractivity contribution in [3.05, 3.63) is 24.3 Å². The third kappa shape index (κ3) is 7.58. The second-order valence-electron chi connectivity index (χ2n) is 5.73. The number of ether oxygens (including phenoxy) is 1. The zero-order valence-corrected chi connectivity index (χ0v) is 16.3. The van der Waals surface area contributed by atoms with Gasteiger partial charge in [0.25, 0.3) is 0 Å². The summed E-state index contributed by atoms with van der Waals surface area (Å²) in [5.41, 5.74) is 0.755. The number of hydrogen-bond acceptors (Lipinski definition) is 4. The molecule has 0 fully saturated rings. The van der Waals surface area contributed by atoms with Gasteiger partial charge < -0.3 is 15.0 Å². The summed E-state index contributed by atoms with van der Waals surface area (Å²) in [6.45, 7) is 12.0. The van der Waals surface area contributed by atoms with Crippen molar-refractivity contribution in [3.63, 3.8) is 0 Å². The minimum Gasteiger partial charge on any atom is -0.490 e. The molecule has 1 atom stereocenters. The van der Waals surface area contributed by atoms with E-state index in [1.165, 1.54) is 0 Å². The van der Waals surface area contributed by atoms with Gasteiger partial charge in [-0.3, -0.25) is 4.79 Å². The van der Waals surface area contributed by atoms with Gasteiger partial charge in [-0.25, -0.2) is 0 Å². The van der Waals surface area contributed by atoms with Gasteiger partial charge >= 0.3 is 0 Å². The molecule has 1 rings (SSSR count). The minimum absolute atomic E-state index is 0.0379. The molecular formula is C19H32N2O2S. The Hall–Kier alpha value is -1.20. The van der Waals surface area contributed by atoms with Crippen molar-refractivity contribution in [3.8, 4) is 5.75 Å². The molecule has 136 valence electrons. The van der Waals surface area contributed by atoms with Gasteiger partial charge in [-0.15, -0.1) is 11.8 Å². The predicted octanol–water partition coefficient (Wildman–Crippen LogP) is 4.27. The first-order valence-corrected chi connectivity index (χ1v) is 10.0. The number of likely N-dealkylation sites (N-methyl/N-ethyl adjacent to an activating group) is 1. The van der Waals surface area contributed by atoms with Crippen LogP contribution < -0.4 is 10.1 Å². The molecule has 4 nitrogen and oxygen atoms in total. The SMILES string of the molecule is CCCCSC(C)C(=O)Nc1ccccc1OCCN(CC)CC. The van der Waals surface area contributed by atoms with Gasteiger partial charge in [0.15, 0.2) is 0 Å². The molecule has 0 aromatic heterocycles. The molecule has 0 aliphatic carbocycles. The monoisotopic (exact) mass is 352 g/mol. The van der Waals surface area contributed by atoms with E-state index in [9.17, 15) is 4.79 Å². The average molecular weight is 353 g/mol. The standard InChI is InChI=1S/C19H32N2O2S/c1-5-8-15-24-16(4)19(22)20-17-11-9-10-12-18(17)23-14-13-21(6-2)7-3/h9-12,16H,5-8,13-15H2,1-4H3,(H,20,22). The van der Waals surface area contributed by atoms with Crippen LogP contribution in [0, 0.1) is 0 Å². The molecule has 1 aromatic carbocycles. The molecule has 0 aliphatic rings. The highest BCUT2D eigenvalue weighted by Crippen LogP contribution is 2.25. The molecule has 0 spiro atoms. The number of thioether (sulfide) groups is 1. The van der Waals surface area contributed by atoms with Crippen molar-refractivity contribution in [1.29, 1.82) is 0 Å². The maximum absolute atomic E-state index is 12.3. The van der Waals surface area contributed by atoms with Crippen LogP contribution in [0.25, 0.3) is 0 Å². The van der Waals surface area contributed by atoms with Crippen molar-refractivity contribution in [2.24, 2.45) is 0 Å². The number of benzene rings is 1. The van der Waals surface area contributed by atoms with E-state index >= 15 is 0 Å². The summed E-state index contributed by atoms with van der Waals surface area (Å²) in [5, 5.41) is 2.95. The van der Waals surface area contributed by atoms with E-state index in [2.05, 4.69) is 31.0 Å². The third-order valence-corrected chi connectivity index (χ3v) is 5.18. The van der Waals surface area contributed by atoms with Gasteiger partial charge in [-0.2, -0.15) is 0 Å². The fourth-order valence-corrected chi connectivity index (χ4v) is 3.25. The Morgan fingerprint density at radius 3 is 2.62 bits per heavy atom. The van der Waals surface area contributed by atoms with Crippen molar-refractivity contribution >= 4 is 23.4 Å². The second-order valence-corrected chi connectivity index (χ2v) is 7.18. The van der Waals surface area contributed by atoms with Gasteiger partial charge in [0.1, 0.15) is 12.4 Å². The van der Waals surface area contributed by atoms with E-state index in [1.807, 2.05) is 31.2 Å². The van der Waals surface area contributed by atoms with Gasteiger partial charge in [-0.1, -0.05) is 39.3 Å². The van der Waals surface area contributed by atoms with Gasteiger partial charge in [0.2, 0.25) is 5.91 Å². The molecule has 0 saturated carbocycles. The van der Waals surface area contributed by atoms with Gasteiger partial charge in [0.05, 0.1) is 10.9 Å². The summed E-state index contributed by atoms with van der Waals surface area (Å²) in [4.78, 5) is 14.7. The number of nitrogens with one attached hydrogen (secondary N) is 1. The first kappa shape index (κ1) is 20.8. The lowest BCUT2D eigenvalue weighted by atomic mass is 10.3. The Bertz CT molecular complexity index is 478. The summed E-state index contributed by atoms with van der Waals surface area (Å²) in [5.74, 6) is 1.80. The number of para-hydroxylation sites is 2. The number of nitrogens with zero attached hydrogens (tertiary/aromatic N) is 1. The minimum atomic E-state index is -0.0553. The van der Waals surface area contributed by atoms with Crippen LogP contribution >= 0.6 is 11.8 Å². The van der Waals surface area contributed by atoms with E-state index in [-0.39, 0.29) is 11.2 Å². The number of amides is 1. The van der Waals surface area contributed by atoms with Crippen molar-refractivity contribution in [2.45, 2.75) is 45.8 Å². The van der Waals surface area contributed by atoms with E-state index < -0.39 is 0 Å². The molecule has 1 unspecified atom stereocenters. The Balaban J connectivity index is 2.54. The van der Waals surface area contributed by atoms with Crippen LogP contribution in [-0.4, -0.2) is 48.1 Å². The molecule has 1 aromatic rings. The lowest BCUT2D eigenvalue weighted by Crippen LogP contribution is -2.28. The fraction of sp³-hybridized carbons (Fsp3) is 0.632. The van der Waals surface area contributed by atoms with Crippen LogP contribution in [0.15, 0.2) is 24.3 Å². The molecule has 0 bridgehead atoms. The summed E-state index contributed by atoms with van der Waals surface area (Å²) < 4.78 is 5.89. The van der Waals surface area contributed by atoms with E-state index in [4.69, 9.17) is 4.74 Å². The zero-order valence-electron chi connectivity index (χ0n) is 15.5. The van der Waals surface area contributed by atoms with E-state index in [0.717, 1.165) is 49.7 Å². The van der Waals surface area contributed by atoms with Crippen molar-refractivity contribution < 1.29 is 9.53 Å². The van der Waals surface area contributed by atoms with Crippen LogP contribution in [0.2, 0.25) is 0 Å². The number of rotatable bonds is 12. The maximum atomic E-state index is 12.3. The summed E-state index contributed by atoms with van der Waals surface area (Å²) in [7, 11) is 0. The first-order valence-electron chi connectivity index (χ1n) is 8.98. The first-order chi connectivity index (χ1) is 11.6. The summed E-state index contributed by atoms with van der Waals surface area (Å²) in [6.07, 6.45) is 2.30. The quantitative estimate of drug-likeness (QED) is 0.571. The Kier molecular flexibility index (Phi) is 10.6.